The molecule has 0 aliphatic heterocycles. The Labute approximate surface area is 162 Å². The van der Waals surface area contributed by atoms with Crippen molar-refractivity contribution in [3.05, 3.63) is 52.5 Å². The van der Waals surface area contributed by atoms with E-state index in [1.807, 2.05) is 0 Å². The van der Waals surface area contributed by atoms with E-state index < -0.39 is 22.0 Å². The number of carbonyl (C=O) groups excluding carboxylic acids is 1. The van der Waals surface area contributed by atoms with Crippen molar-refractivity contribution >= 4 is 44.8 Å². The predicted molar refractivity (Wildman–Crippen MR) is 102 cm³/mol. The first-order valence-corrected chi connectivity index (χ1v) is 9.76. The van der Waals surface area contributed by atoms with E-state index in [4.69, 9.17) is 27.9 Å². The average Bonchev–Trinajstić information content (AvgIpc) is 2.57. The molecule has 0 aliphatic carbocycles. The van der Waals surface area contributed by atoms with Crippen LogP contribution in [-0.4, -0.2) is 38.8 Å². The number of nitrogens with zero attached hydrogens (tertiary/aromatic N) is 1. The topological polar surface area (TPSA) is 75.7 Å². The summed E-state index contributed by atoms with van der Waals surface area (Å²) in [5.74, 6) is -0.127. The molecule has 0 heterocycles. The standard InChI is InChI=1S/C17H18Cl2N2O4S/c1-11(25-16-8-7-12(18)9-15(16)19)17(22)20-13-5-4-6-14(10-13)26(23,24)21(2)3/h4-11H,1-3H3,(H,20,22). The predicted octanol–water partition coefficient (Wildman–Crippen LogP) is 3.65. The number of sulfonamides is 1. The SMILES string of the molecule is CC(Oc1ccc(Cl)cc1Cl)C(=O)Nc1cccc(S(=O)(=O)N(C)C)c1. The van der Waals surface area contributed by atoms with Crippen LogP contribution in [0.1, 0.15) is 6.92 Å². The number of amides is 1. The molecule has 0 saturated heterocycles. The van der Waals surface area contributed by atoms with Gasteiger partial charge in [0.25, 0.3) is 5.91 Å². The zero-order valence-electron chi connectivity index (χ0n) is 14.4. The quantitative estimate of drug-likeness (QED) is 0.779. The van der Waals surface area contributed by atoms with Gasteiger partial charge in [-0.15, -0.1) is 0 Å². The zero-order chi connectivity index (χ0) is 19.5. The number of hydrogen-bond acceptors (Lipinski definition) is 4. The van der Waals surface area contributed by atoms with Crippen LogP contribution < -0.4 is 10.1 Å². The van der Waals surface area contributed by atoms with Crippen molar-refractivity contribution < 1.29 is 17.9 Å². The zero-order valence-corrected chi connectivity index (χ0v) is 16.7. The van der Waals surface area contributed by atoms with Crippen molar-refractivity contribution in [1.82, 2.24) is 4.31 Å². The molecular weight excluding hydrogens is 399 g/mol. The molecule has 9 heteroatoms. The van der Waals surface area contributed by atoms with Gasteiger partial charge in [0.2, 0.25) is 10.0 Å². The van der Waals surface area contributed by atoms with Gasteiger partial charge in [0.05, 0.1) is 9.92 Å². The summed E-state index contributed by atoms with van der Waals surface area (Å²) >= 11 is 11.9. The molecule has 1 unspecified atom stereocenters. The minimum absolute atomic E-state index is 0.0783. The molecule has 0 aliphatic rings. The van der Waals surface area contributed by atoms with E-state index in [0.29, 0.717) is 16.5 Å². The summed E-state index contributed by atoms with van der Waals surface area (Å²) in [4.78, 5) is 12.4. The van der Waals surface area contributed by atoms with Crippen molar-refractivity contribution in [1.29, 1.82) is 0 Å². The van der Waals surface area contributed by atoms with Crippen LogP contribution in [0.15, 0.2) is 47.4 Å². The third-order valence-corrected chi connectivity index (χ3v) is 5.79. The highest BCUT2D eigenvalue weighted by Crippen LogP contribution is 2.28. The second-order valence-corrected chi connectivity index (χ2v) is 8.63. The normalized spacial score (nSPS) is 12.7. The average molecular weight is 417 g/mol. The Morgan fingerprint density at radius 1 is 1.15 bits per heavy atom. The maximum atomic E-state index is 12.3. The first kappa shape index (κ1) is 20.5. The number of anilines is 1. The van der Waals surface area contributed by atoms with E-state index in [1.54, 1.807) is 31.2 Å². The Morgan fingerprint density at radius 3 is 2.46 bits per heavy atom. The number of rotatable bonds is 6. The van der Waals surface area contributed by atoms with Crippen LogP contribution in [0.25, 0.3) is 0 Å². The summed E-state index contributed by atoms with van der Waals surface area (Å²) in [5, 5.41) is 3.37. The maximum absolute atomic E-state index is 12.3. The molecule has 140 valence electrons. The Kier molecular flexibility index (Phi) is 6.52. The fraction of sp³-hybridized carbons (Fsp3) is 0.235. The van der Waals surface area contributed by atoms with Crippen LogP contribution in [0.2, 0.25) is 10.0 Å². The highest BCUT2D eigenvalue weighted by Gasteiger charge is 2.20. The van der Waals surface area contributed by atoms with Crippen LogP contribution >= 0.6 is 23.2 Å². The number of ether oxygens (including phenoxy) is 1. The van der Waals surface area contributed by atoms with E-state index in [0.717, 1.165) is 4.31 Å². The van der Waals surface area contributed by atoms with Crippen LogP contribution in [0.4, 0.5) is 5.69 Å². The van der Waals surface area contributed by atoms with Gasteiger partial charge in [-0.2, -0.15) is 0 Å². The molecule has 0 saturated carbocycles. The molecule has 1 N–H and O–H groups in total. The molecular formula is C17H18Cl2N2O4S. The maximum Gasteiger partial charge on any atom is 0.265 e. The monoisotopic (exact) mass is 416 g/mol. The minimum atomic E-state index is -3.59. The highest BCUT2D eigenvalue weighted by atomic mass is 35.5. The molecule has 1 atom stereocenters. The van der Waals surface area contributed by atoms with Gasteiger partial charge in [0.1, 0.15) is 5.75 Å². The third kappa shape index (κ3) is 4.88. The van der Waals surface area contributed by atoms with E-state index in [-0.39, 0.29) is 9.92 Å². The minimum Gasteiger partial charge on any atom is -0.479 e. The smallest absolute Gasteiger partial charge is 0.265 e. The van der Waals surface area contributed by atoms with E-state index >= 15 is 0 Å². The van der Waals surface area contributed by atoms with E-state index in [2.05, 4.69) is 5.32 Å². The number of hydrogen-bond donors (Lipinski definition) is 1. The molecule has 0 bridgehead atoms. The van der Waals surface area contributed by atoms with Crippen molar-refractivity contribution in [3.8, 4) is 5.75 Å². The Hall–Kier alpha value is -1.80. The Morgan fingerprint density at radius 2 is 1.85 bits per heavy atom. The first-order valence-electron chi connectivity index (χ1n) is 7.56. The number of carbonyl (C=O) groups is 1. The lowest BCUT2D eigenvalue weighted by Gasteiger charge is -2.16. The number of halogens is 2. The highest BCUT2D eigenvalue weighted by molar-refractivity contribution is 7.89. The molecule has 2 rings (SSSR count). The second-order valence-electron chi connectivity index (χ2n) is 5.64. The van der Waals surface area contributed by atoms with Crippen LogP contribution in [0.5, 0.6) is 5.75 Å². The van der Waals surface area contributed by atoms with Crippen molar-refractivity contribution in [2.75, 3.05) is 19.4 Å². The van der Waals surface area contributed by atoms with Crippen molar-refractivity contribution in [2.24, 2.45) is 0 Å². The summed E-state index contributed by atoms with van der Waals surface area (Å²) in [6, 6.07) is 10.7. The molecule has 0 aromatic heterocycles. The molecule has 26 heavy (non-hydrogen) atoms. The van der Waals surface area contributed by atoms with Gasteiger partial charge in [0, 0.05) is 24.8 Å². The number of benzene rings is 2. The lowest BCUT2D eigenvalue weighted by atomic mass is 10.3. The Balaban J connectivity index is 2.12. The third-order valence-electron chi connectivity index (χ3n) is 3.45. The molecule has 2 aromatic carbocycles. The van der Waals surface area contributed by atoms with Gasteiger partial charge in [-0.05, 0) is 43.3 Å². The molecule has 0 fully saturated rings. The van der Waals surface area contributed by atoms with Gasteiger partial charge in [0.15, 0.2) is 6.10 Å². The summed E-state index contributed by atoms with van der Waals surface area (Å²) < 4.78 is 31.0. The Bertz CT molecular complexity index is 917. The van der Waals surface area contributed by atoms with Gasteiger partial charge in [-0.1, -0.05) is 29.3 Å². The van der Waals surface area contributed by atoms with E-state index in [1.165, 1.54) is 32.3 Å². The van der Waals surface area contributed by atoms with Gasteiger partial charge in [-0.3, -0.25) is 4.79 Å². The van der Waals surface area contributed by atoms with Crippen LogP contribution in [-0.2, 0) is 14.8 Å². The van der Waals surface area contributed by atoms with E-state index in [9.17, 15) is 13.2 Å². The molecule has 2 aromatic rings. The lowest BCUT2D eigenvalue weighted by Crippen LogP contribution is -2.30. The first-order chi connectivity index (χ1) is 12.1. The van der Waals surface area contributed by atoms with Gasteiger partial charge < -0.3 is 10.1 Å². The van der Waals surface area contributed by atoms with Crippen molar-refractivity contribution in [2.45, 2.75) is 17.9 Å². The summed E-state index contributed by atoms with van der Waals surface area (Å²) in [7, 11) is -0.719. The number of nitrogens with one attached hydrogen (secondary N) is 1. The van der Waals surface area contributed by atoms with Gasteiger partial charge in [-0.25, -0.2) is 12.7 Å². The van der Waals surface area contributed by atoms with Crippen LogP contribution in [0.3, 0.4) is 0 Å². The lowest BCUT2D eigenvalue weighted by molar-refractivity contribution is -0.122. The summed E-state index contributed by atoms with van der Waals surface area (Å²) in [6.07, 6.45) is -0.859. The van der Waals surface area contributed by atoms with Crippen LogP contribution in [0, 0.1) is 0 Å². The molecule has 0 radical (unpaired) electrons. The molecule has 0 spiro atoms. The van der Waals surface area contributed by atoms with Crippen molar-refractivity contribution in [3.63, 3.8) is 0 Å². The fourth-order valence-electron chi connectivity index (χ4n) is 2.00. The summed E-state index contributed by atoms with van der Waals surface area (Å²) in [6.45, 7) is 1.56. The van der Waals surface area contributed by atoms with Gasteiger partial charge >= 0.3 is 0 Å². The fourth-order valence-corrected chi connectivity index (χ4v) is 3.40. The largest absolute Gasteiger partial charge is 0.479 e. The second kappa shape index (κ2) is 8.26. The molecule has 6 nitrogen and oxygen atoms in total. The summed E-state index contributed by atoms with van der Waals surface area (Å²) in [5.41, 5.74) is 0.343. The molecule has 1 amide bonds.